The van der Waals surface area contributed by atoms with Gasteiger partial charge >= 0.3 is 5.97 Å². The van der Waals surface area contributed by atoms with Crippen LogP contribution in [0.2, 0.25) is 5.02 Å². The molecule has 7 nitrogen and oxygen atoms in total. The predicted molar refractivity (Wildman–Crippen MR) is 113 cm³/mol. The van der Waals surface area contributed by atoms with Crippen molar-refractivity contribution in [3.63, 3.8) is 0 Å². The van der Waals surface area contributed by atoms with Crippen molar-refractivity contribution < 1.29 is 14.5 Å². The number of benzene rings is 3. The summed E-state index contributed by atoms with van der Waals surface area (Å²) in [6, 6.07) is 19.0. The Hall–Kier alpha value is -3.58. The number of nitro benzene ring substituents is 1. The topological polar surface area (TPSA) is 93.5 Å². The number of hydrogen-bond donors (Lipinski definition) is 2. The smallest absolute Gasteiger partial charge is 0.340 e. The number of halogens is 1. The largest absolute Gasteiger partial charge is 0.465 e. The fourth-order valence-corrected chi connectivity index (χ4v) is 2.94. The lowest BCUT2D eigenvalue weighted by molar-refractivity contribution is -0.383. The molecule has 0 fully saturated rings. The van der Waals surface area contributed by atoms with Crippen LogP contribution < -0.4 is 10.6 Å². The fourth-order valence-electron chi connectivity index (χ4n) is 2.76. The van der Waals surface area contributed by atoms with Gasteiger partial charge in [0.1, 0.15) is 5.69 Å². The first-order chi connectivity index (χ1) is 14.0. The lowest BCUT2D eigenvalue weighted by atomic mass is 10.1. The Balaban J connectivity index is 1.85. The first-order valence-corrected chi connectivity index (χ1v) is 9.07. The van der Waals surface area contributed by atoms with Crippen LogP contribution in [-0.2, 0) is 11.3 Å². The van der Waals surface area contributed by atoms with E-state index in [1.165, 1.54) is 19.2 Å². The molecule has 3 aromatic carbocycles. The van der Waals surface area contributed by atoms with Gasteiger partial charge in [-0.2, -0.15) is 0 Å². The molecule has 0 saturated carbocycles. The average Bonchev–Trinajstić information content (AvgIpc) is 2.74. The van der Waals surface area contributed by atoms with E-state index in [0.29, 0.717) is 28.6 Å². The van der Waals surface area contributed by atoms with E-state index in [4.69, 9.17) is 16.3 Å². The zero-order valence-corrected chi connectivity index (χ0v) is 16.3. The lowest BCUT2D eigenvalue weighted by Gasteiger charge is -2.13. The van der Waals surface area contributed by atoms with Crippen molar-refractivity contribution in [2.45, 2.75) is 6.54 Å². The maximum Gasteiger partial charge on any atom is 0.340 e. The van der Waals surface area contributed by atoms with Crippen molar-refractivity contribution in [2.75, 3.05) is 17.7 Å². The Morgan fingerprint density at radius 1 is 1.07 bits per heavy atom. The number of methoxy groups -OCH3 is 1. The second-order valence-corrected chi connectivity index (χ2v) is 6.57. The minimum absolute atomic E-state index is 0.0838. The van der Waals surface area contributed by atoms with E-state index in [1.807, 2.05) is 30.3 Å². The Morgan fingerprint density at radius 2 is 1.79 bits per heavy atom. The van der Waals surface area contributed by atoms with Gasteiger partial charge in [0.2, 0.25) is 0 Å². The number of rotatable bonds is 7. The van der Waals surface area contributed by atoms with E-state index in [0.717, 1.165) is 5.56 Å². The Morgan fingerprint density at radius 3 is 2.48 bits per heavy atom. The van der Waals surface area contributed by atoms with Gasteiger partial charge < -0.3 is 15.4 Å². The summed E-state index contributed by atoms with van der Waals surface area (Å²) < 4.78 is 4.77. The second kappa shape index (κ2) is 9.07. The van der Waals surface area contributed by atoms with Crippen LogP contribution in [-0.4, -0.2) is 18.0 Å². The molecule has 3 rings (SSSR count). The van der Waals surface area contributed by atoms with Gasteiger partial charge in [-0.1, -0.05) is 41.9 Å². The van der Waals surface area contributed by atoms with Crippen molar-refractivity contribution >= 4 is 40.3 Å². The van der Waals surface area contributed by atoms with Crippen LogP contribution in [0, 0.1) is 10.1 Å². The van der Waals surface area contributed by atoms with Crippen molar-refractivity contribution in [3.05, 3.63) is 93.0 Å². The van der Waals surface area contributed by atoms with E-state index >= 15 is 0 Å². The molecule has 0 aliphatic heterocycles. The van der Waals surface area contributed by atoms with Crippen LogP contribution in [0.1, 0.15) is 15.9 Å². The maximum atomic E-state index is 12.0. The zero-order valence-electron chi connectivity index (χ0n) is 15.5. The molecular formula is C21H18ClN3O4. The highest BCUT2D eigenvalue weighted by Crippen LogP contribution is 2.31. The number of nitro groups is 1. The summed E-state index contributed by atoms with van der Waals surface area (Å²) in [6.07, 6.45) is 0. The van der Waals surface area contributed by atoms with Gasteiger partial charge in [0.15, 0.2) is 0 Å². The number of esters is 1. The Kier molecular flexibility index (Phi) is 6.31. The molecular weight excluding hydrogens is 394 g/mol. The number of ether oxygens (including phenoxy) is 1. The molecule has 0 radical (unpaired) electrons. The minimum atomic E-state index is -0.564. The average molecular weight is 412 g/mol. The molecule has 0 atom stereocenters. The van der Waals surface area contributed by atoms with Gasteiger partial charge in [-0.05, 0) is 35.9 Å². The summed E-state index contributed by atoms with van der Waals surface area (Å²) >= 11 is 5.96. The van der Waals surface area contributed by atoms with Gasteiger partial charge in [0, 0.05) is 23.3 Å². The third-order valence-electron chi connectivity index (χ3n) is 4.19. The minimum Gasteiger partial charge on any atom is -0.465 e. The van der Waals surface area contributed by atoms with Gasteiger partial charge in [0.25, 0.3) is 5.69 Å². The number of nitrogens with one attached hydrogen (secondary N) is 2. The van der Waals surface area contributed by atoms with Gasteiger partial charge in [-0.3, -0.25) is 10.1 Å². The zero-order chi connectivity index (χ0) is 20.8. The standard InChI is InChI=1S/C21H18ClN3O4/c1-29-21(26)17-11-15(22)7-9-18(17)24-16-8-10-19(20(12-16)25(27)28)23-13-14-5-3-2-4-6-14/h2-12,23-24H,13H2,1H3. The Bertz CT molecular complexity index is 1040. The van der Waals surface area contributed by atoms with Crippen LogP contribution in [0.15, 0.2) is 66.7 Å². The Labute approximate surface area is 172 Å². The second-order valence-electron chi connectivity index (χ2n) is 6.13. The van der Waals surface area contributed by atoms with Crippen LogP contribution in [0.25, 0.3) is 0 Å². The van der Waals surface area contributed by atoms with Crippen molar-refractivity contribution in [1.29, 1.82) is 0 Å². The van der Waals surface area contributed by atoms with Gasteiger partial charge in [0.05, 0.1) is 23.3 Å². The van der Waals surface area contributed by atoms with Crippen LogP contribution >= 0.6 is 11.6 Å². The van der Waals surface area contributed by atoms with Crippen LogP contribution in [0.4, 0.5) is 22.7 Å². The molecule has 0 unspecified atom stereocenters. The molecule has 0 aliphatic rings. The molecule has 3 aromatic rings. The van der Waals surface area contributed by atoms with E-state index < -0.39 is 10.9 Å². The molecule has 0 heterocycles. The monoisotopic (exact) mass is 411 g/mol. The highest BCUT2D eigenvalue weighted by atomic mass is 35.5. The third-order valence-corrected chi connectivity index (χ3v) is 4.42. The normalized spacial score (nSPS) is 10.3. The fraction of sp³-hybridized carbons (Fsp3) is 0.0952. The van der Waals surface area contributed by atoms with Crippen molar-refractivity contribution in [1.82, 2.24) is 0 Å². The molecule has 0 saturated heterocycles. The highest BCUT2D eigenvalue weighted by Gasteiger charge is 2.17. The summed E-state index contributed by atoms with van der Waals surface area (Å²) in [5.41, 5.74) is 2.44. The maximum absolute atomic E-state index is 12.0. The quantitative estimate of drug-likeness (QED) is 0.307. The van der Waals surface area contributed by atoms with Gasteiger partial charge in [-0.25, -0.2) is 4.79 Å². The summed E-state index contributed by atoms with van der Waals surface area (Å²) in [7, 11) is 1.27. The number of carbonyl (C=O) groups excluding carboxylic acids is 1. The summed E-state index contributed by atoms with van der Waals surface area (Å²) in [5, 5.41) is 18.0. The van der Waals surface area contributed by atoms with Gasteiger partial charge in [-0.15, -0.1) is 0 Å². The number of carbonyl (C=O) groups is 1. The number of anilines is 3. The third kappa shape index (κ3) is 5.03. The molecule has 0 spiro atoms. The first-order valence-electron chi connectivity index (χ1n) is 8.69. The van der Waals surface area contributed by atoms with Crippen molar-refractivity contribution in [2.24, 2.45) is 0 Å². The van der Waals surface area contributed by atoms with Crippen LogP contribution in [0.5, 0.6) is 0 Å². The molecule has 0 bridgehead atoms. The van der Waals surface area contributed by atoms with E-state index in [1.54, 1.807) is 24.3 Å². The van der Waals surface area contributed by atoms with Crippen LogP contribution in [0.3, 0.4) is 0 Å². The molecule has 8 heteroatoms. The van der Waals surface area contributed by atoms with E-state index in [9.17, 15) is 14.9 Å². The molecule has 0 amide bonds. The first kappa shape index (κ1) is 20.2. The SMILES string of the molecule is COC(=O)c1cc(Cl)ccc1Nc1ccc(NCc2ccccc2)c([N+](=O)[O-])c1. The predicted octanol–water partition coefficient (Wildman–Crippen LogP) is 5.39. The number of nitrogens with zero attached hydrogens (tertiary/aromatic N) is 1. The molecule has 0 aromatic heterocycles. The van der Waals surface area contributed by atoms with E-state index in [2.05, 4.69) is 10.6 Å². The molecule has 2 N–H and O–H groups in total. The molecule has 148 valence electrons. The summed E-state index contributed by atoms with van der Waals surface area (Å²) in [6.45, 7) is 0.456. The van der Waals surface area contributed by atoms with E-state index in [-0.39, 0.29) is 11.3 Å². The lowest BCUT2D eigenvalue weighted by Crippen LogP contribution is -2.06. The molecule has 29 heavy (non-hydrogen) atoms. The number of hydrogen-bond acceptors (Lipinski definition) is 6. The summed E-state index contributed by atoms with van der Waals surface area (Å²) in [5.74, 6) is -0.564. The highest BCUT2D eigenvalue weighted by molar-refractivity contribution is 6.31. The van der Waals surface area contributed by atoms with Crippen molar-refractivity contribution in [3.8, 4) is 0 Å². The molecule has 0 aliphatic carbocycles. The summed E-state index contributed by atoms with van der Waals surface area (Å²) in [4.78, 5) is 23.1.